The minimum Gasteiger partial charge on any atom is -0.495 e. The Labute approximate surface area is 152 Å². The van der Waals surface area contributed by atoms with Crippen molar-refractivity contribution < 1.29 is 32.6 Å². The molecule has 1 heterocycles. The van der Waals surface area contributed by atoms with Crippen LogP contribution in [0.5, 0.6) is 5.75 Å². The fourth-order valence-corrected chi connectivity index (χ4v) is 3.72. The van der Waals surface area contributed by atoms with Crippen molar-refractivity contribution in [3.8, 4) is 5.75 Å². The average molecular weight is 386 g/mol. The van der Waals surface area contributed by atoms with Crippen LogP contribution < -0.4 is 4.74 Å². The van der Waals surface area contributed by atoms with Crippen molar-refractivity contribution in [3.05, 3.63) is 23.8 Å². The number of hydrogen-bond acceptors (Lipinski definition) is 6. The molecule has 1 unspecified atom stereocenters. The van der Waals surface area contributed by atoms with Crippen LogP contribution in [-0.4, -0.2) is 81.1 Å². The first kappa shape index (κ1) is 20.1. The van der Waals surface area contributed by atoms with Crippen LogP contribution in [0, 0.1) is 0 Å². The lowest BCUT2D eigenvalue weighted by molar-refractivity contribution is -0.160. The average Bonchev–Trinajstić information content (AvgIpc) is 2.59. The summed E-state index contributed by atoms with van der Waals surface area (Å²) in [5.74, 6) is -1.50. The Kier molecular flexibility index (Phi) is 5.89. The lowest BCUT2D eigenvalue weighted by atomic mass is 10.1. The summed E-state index contributed by atoms with van der Waals surface area (Å²) in [7, 11) is 0.276. The second kappa shape index (κ2) is 7.60. The lowest BCUT2D eigenvalue weighted by Gasteiger charge is -2.35. The Morgan fingerprint density at radius 1 is 1.31 bits per heavy atom. The summed E-state index contributed by atoms with van der Waals surface area (Å²) >= 11 is 0. The summed E-state index contributed by atoms with van der Waals surface area (Å²) < 4.78 is 36.4. The van der Waals surface area contributed by atoms with Crippen LogP contribution in [0.1, 0.15) is 17.3 Å². The molecule has 1 saturated heterocycles. The zero-order valence-corrected chi connectivity index (χ0v) is 15.8. The van der Waals surface area contributed by atoms with E-state index in [4.69, 9.17) is 14.6 Å². The maximum absolute atomic E-state index is 12.8. The fraction of sp³-hybridized carbons (Fsp3) is 0.500. The van der Waals surface area contributed by atoms with Crippen molar-refractivity contribution in [1.29, 1.82) is 0 Å². The van der Waals surface area contributed by atoms with Gasteiger partial charge in [0, 0.05) is 26.2 Å². The topological polar surface area (TPSA) is 113 Å². The predicted molar refractivity (Wildman–Crippen MR) is 91.7 cm³/mol. The molecule has 1 aliphatic heterocycles. The molecule has 9 nitrogen and oxygen atoms in total. The number of amides is 1. The van der Waals surface area contributed by atoms with Gasteiger partial charge in [0.05, 0.1) is 19.8 Å². The van der Waals surface area contributed by atoms with Crippen LogP contribution in [0.25, 0.3) is 0 Å². The zero-order chi connectivity index (χ0) is 19.6. The number of morpholine rings is 1. The SMILES string of the molecule is COc1ccc(C(=O)N2CC(C(=O)O)O[C@H](C)C2)cc1S(=O)(=O)N(C)C. The van der Waals surface area contributed by atoms with Crippen molar-refractivity contribution >= 4 is 21.9 Å². The molecule has 0 bridgehead atoms. The van der Waals surface area contributed by atoms with Crippen molar-refractivity contribution in [2.45, 2.75) is 24.0 Å². The van der Waals surface area contributed by atoms with Crippen molar-refractivity contribution in [1.82, 2.24) is 9.21 Å². The summed E-state index contributed by atoms with van der Waals surface area (Å²) in [4.78, 5) is 25.2. The fourth-order valence-electron chi connectivity index (χ4n) is 2.64. The number of rotatable bonds is 5. The van der Waals surface area contributed by atoms with Gasteiger partial charge in [0.1, 0.15) is 10.6 Å². The van der Waals surface area contributed by atoms with E-state index in [1.807, 2.05) is 0 Å². The normalized spacial score (nSPS) is 20.9. The second-order valence-corrected chi connectivity index (χ2v) is 8.26. The van der Waals surface area contributed by atoms with Gasteiger partial charge in [-0.25, -0.2) is 17.5 Å². The van der Waals surface area contributed by atoms with Gasteiger partial charge in [-0.2, -0.15) is 0 Å². The highest BCUT2D eigenvalue weighted by atomic mass is 32.2. The minimum atomic E-state index is -3.82. The Morgan fingerprint density at radius 3 is 2.50 bits per heavy atom. The highest BCUT2D eigenvalue weighted by molar-refractivity contribution is 7.89. The standard InChI is InChI=1S/C16H22N2O7S/c1-10-8-18(9-13(25-10)16(20)21)15(19)11-5-6-12(24-4)14(7-11)26(22,23)17(2)3/h5-7,10,13H,8-9H2,1-4H3,(H,20,21)/t10-,13?/m1/s1. The van der Waals surface area contributed by atoms with Crippen LogP contribution >= 0.6 is 0 Å². The number of methoxy groups -OCH3 is 1. The van der Waals surface area contributed by atoms with Crippen LogP contribution in [0.3, 0.4) is 0 Å². The van der Waals surface area contributed by atoms with Crippen LogP contribution in [0.4, 0.5) is 0 Å². The molecule has 1 N–H and O–H groups in total. The predicted octanol–water partition coefficient (Wildman–Crippen LogP) is 0.260. The zero-order valence-electron chi connectivity index (χ0n) is 15.0. The van der Waals surface area contributed by atoms with E-state index in [0.29, 0.717) is 0 Å². The third-order valence-corrected chi connectivity index (χ3v) is 5.83. The van der Waals surface area contributed by atoms with Crippen molar-refractivity contribution in [2.24, 2.45) is 0 Å². The molecule has 1 aliphatic rings. The van der Waals surface area contributed by atoms with E-state index in [1.54, 1.807) is 6.92 Å². The third-order valence-electron chi connectivity index (χ3n) is 3.99. The molecule has 2 atom stereocenters. The molecule has 0 aromatic heterocycles. The first-order valence-corrected chi connectivity index (χ1v) is 9.30. The first-order valence-electron chi connectivity index (χ1n) is 7.86. The Hall–Kier alpha value is -2.17. The Bertz CT molecular complexity index is 807. The van der Waals surface area contributed by atoms with E-state index in [2.05, 4.69) is 0 Å². The number of aliphatic carboxylic acids is 1. The maximum atomic E-state index is 12.8. The van der Waals surface area contributed by atoms with Gasteiger partial charge in [-0.3, -0.25) is 4.79 Å². The lowest BCUT2D eigenvalue weighted by Crippen LogP contribution is -2.51. The molecule has 1 aromatic carbocycles. The molecule has 1 amide bonds. The number of carboxylic acid groups (broad SMARTS) is 1. The molecule has 0 aliphatic carbocycles. The molecule has 10 heteroatoms. The van der Waals surface area contributed by atoms with Crippen LogP contribution in [0.15, 0.2) is 23.1 Å². The molecule has 2 rings (SSSR count). The number of ether oxygens (including phenoxy) is 2. The summed E-state index contributed by atoms with van der Waals surface area (Å²) in [5.41, 5.74) is 0.129. The quantitative estimate of drug-likeness (QED) is 0.772. The largest absolute Gasteiger partial charge is 0.495 e. The van der Waals surface area contributed by atoms with Crippen LogP contribution in [-0.2, 0) is 19.6 Å². The molecule has 26 heavy (non-hydrogen) atoms. The summed E-state index contributed by atoms with van der Waals surface area (Å²) in [6.45, 7) is 1.77. The third kappa shape index (κ3) is 3.97. The van der Waals surface area contributed by atoms with Gasteiger partial charge in [-0.05, 0) is 25.1 Å². The van der Waals surface area contributed by atoms with Crippen molar-refractivity contribution in [2.75, 3.05) is 34.3 Å². The number of hydrogen-bond donors (Lipinski definition) is 1. The molecule has 0 radical (unpaired) electrons. The maximum Gasteiger partial charge on any atom is 0.334 e. The highest BCUT2D eigenvalue weighted by Gasteiger charge is 2.33. The van der Waals surface area contributed by atoms with Gasteiger partial charge >= 0.3 is 5.97 Å². The molecule has 1 aromatic rings. The van der Waals surface area contributed by atoms with Crippen LogP contribution in [0.2, 0.25) is 0 Å². The smallest absolute Gasteiger partial charge is 0.334 e. The molecular formula is C16H22N2O7S. The number of carbonyl (C=O) groups excluding carboxylic acids is 1. The molecule has 144 valence electrons. The number of nitrogens with zero attached hydrogens (tertiary/aromatic N) is 2. The van der Waals surface area contributed by atoms with Crippen molar-refractivity contribution in [3.63, 3.8) is 0 Å². The monoisotopic (exact) mass is 386 g/mol. The van der Waals surface area contributed by atoms with E-state index < -0.39 is 34.1 Å². The van der Waals surface area contributed by atoms with E-state index in [-0.39, 0.29) is 29.3 Å². The van der Waals surface area contributed by atoms with Gasteiger partial charge in [0.2, 0.25) is 10.0 Å². The number of sulfonamides is 1. The second-order valence-electron chi connectivity index (χ2n) is 6.14. The van der Waals surface area contributed by atoms with Gasteiger partial charge in [-0.1, -0.05) is 0 Å². The number of carboxylic acids is 1. The Balaban J connectivity index is 2.39. The molecular weight excluding hydrogens is 364 g/mol. The van der Waals surface area contributed by atoms with E-state index >= 15 is 0 Å². The van der Waals surface area contributed by atoms with Gasteiger partial charge in [-0.15, -0.1) is 0 Å². The molecule has 1 fully saturated rings. The first-order chi connectivity index (χ1) is 12.1. The number of benzene rings is 1. The number of carbonyl (C=O) groups is 2. The van der Waals surface area contributed by atoms with Gasteiger partial charge < -0.3 is 19.5 Å². The van der Waals surface area contributed by atoms with E-state index in [1.165, 1.54) is 44.3 Å². The van der Waals surface area contributed by atoms with E-state index in [0.717, 1.165) is 4.31 Å². The summed E-state index contributed by atoms with van der Waals surface area (Å²) in [6, 6.07) is 4.10. The van der Waals surface area contributed by atoms with Gasteiger partial charge in [0.25, 0.3) is 5.91 Å². The molecule has 0 spiro atoms. The summed E-state index contributed by atoms with van der Waals surface area (Å²) in [6.07, 6.45) is -1.57. The van der Waals surface area contributed by atoms with Gasteiger partial charge in [0.15, 0.2) is 6.10 Å². The minimum absolute atomic E-state index is 0.111. The Morgan fingerprint density at radius 2 is 1.96 bits per heavy atom. The molecule has 0 saturated carbocycles. The van der Waals surface area contributed by atoms with E-state index in [9.17, 15) is 18.0 Å². The summed E-state index contributed by atoms with van der Waals surface area (Å²) in [5, 5.41) is 9.14. The highest BCUT2D eigenvalue weighted by Crippen LogP contribution is 2.28.